The molecule has 0 saturated carbocycles. The van der Waals surface area contributed by atoms with E-state index < -0.39 is 0 Å². The number of hydrogen-bond donors (Lipinski definition) is 0. The van der Waals surface area contributed by atoms with Crippen molar-refractivity contribution in [1.29, 1.82) is 0 Å². The van der Waals surface area contributed by atoms with Gasteiger partial charge in [0, 0.05) is 0 Å². The molecule has 0 bridgehead atoms. The van der Waals surface area contributed by atoms with E-state index in [0.717, 1.165) is 0 Å². The molecule has 0 spiro atoms. The van der Waals surface area contributed by atoms with Crippen LogP contribution < -0.4 is 0 Å². The fourth-order valence-corrected chi connectivity index (χ4v) is 1.59. The average molecular weight is 178 g/mol. The smallest absolute Gasteiger partial charge is 0.0103 e. The monoisotopic (exact) mass is 178 g/mol. The van der Waals surface area contributed by atoms with E-state index in [0.29, 0.717) is 0 Å². The molecule has 2 aliphatic carbocycles. The van der Waals surface area contributed by atoms with Gasteiger partial charge in [-0.25, -0.2) is 0 Å². The summed E-state index contributed by atoms with van der Waals surface area (Å²) < 4.78 is 0. The van der Waals surface area contributed by atoms with Gasteiger partial charge in [-0.05, 0) is 46.0 Å². The molecule has 0 aliphatic heterocycles. The Morgan fingerprint density at radius 3 is 1.31 bits per heavy atom. The van der Waals surface area contributed by atoms with Crippen LogP contribution in [0.25, 0.3) is 0 Å². The molecule has 13 heavy (non-hydrogen) atoms. The Labute approximate surface area is 82.7 Å². The zero-order valence-corrected chi connectivity index (χ0v) is 9.54. The second-order valence-electron chi connectivity index (χ2n) is 4.15. The maximum absolute atomic E-state index is 2.23. The summed E-state index contributed by atoms with van der Waals surface area (Å²) in [6.07, 6.45) is 6.65. The van der Waals surface area contributed by atoms with Gasteiger partial charge in [-0.15, -0.1) is 0 Å². The van der Waals surface area contributed by atoms with E-state index in [2.05, 4.69) is 27.7 Å². The normalized spacial score (nSPS) is 19.4. The van der Waals surface area contributed by atoms with E-state index in [1.54, 1.807) is 22.3 Å². The van der Waals surface area contributed by atoms with Crippen LogP contribution in [0.1, 0.15) is 59.8 Å². The van der Waals surface area contributed by atoms with E-state index in [9.17, 15) is 0 Å². The maximum atomic E-state index is 2.23. The highest BCUT2D eigenvalue weighted by molar-refractivity contribution is 5.33. The highest BCUT2D eigenvalue weighted by Crippen LogP contribution is 2.35. The SMILES string of the molecule is CC1=C(C)CC1.CCC1=C(CC)C1. The van der Waals surface area contributed by atoms with Crippen LogP contribution in [-0.2, 0) is 0 Å². The van der Waals surface area contributed by atoms with Crippen LogP contribution in [-0.4, -0.2) is 0 Å². The Bertz CT molecular complexity index is 217. The van der Waals surface area contributed by atoms with Crippen molar-refractivity contribution in [3.05, 3.63) is 22.3 Å². The highest BCUT2D eigenvalue weighted by Gasteiger charge is 2.15. The minimum absolute atomic E-state index is 1.29. The van der Waals surface area contributed by atoms with Crippen molar-refractivity contribution in [1.82, 2.24) is 0 Å². The lowest BCUT2D eigenvalue weighted by molar-refractivity contribution is 0.800. The Morgan fingerprint density at radius 1 is 0.846 bits per heavy atom. The minimum atomic E-state index is 1.29. The van der Waals surface area contributed by atoms with Crippen LogP contribution >= 0.6 is 0 Å². The van der Waals surface area contributed by atoms with Gasteiger partial charge in [-0.1, -0.05) is 36.1 Å². The summed E-state index contributed by atoms with van der Waals surface area (Å²) in [5, 5.41) is 0. The molecule has 0 unspecified atom stereocenters. The van der Waals surface area contributed by atoms with Crippen LogP contribution in [0, 0.1) is 0 Å². The quantitative estimate of drug-likeness (QED) is 0.541. The third-order valence-corrected chi connectivity index (χ3v) is 3.26. The first-order valence-electron chi connectivity index (χ1n) is 5.54. The Morgan fingerprint density at radius 2 is 1.23 bits per heavy atom. The van der Waals surface area contributed by atoms with Gasteiger partial charge in [0.15, 0.2) is 0 Å². The molecule has 2 rings (SSSR count). The van der Waals surface area contributed by atoms with Crippen LogP contribution in [0.15, 0.2) is 22.3 Å². The van der Waals surface area contributed by atoms with Crippen molar-refractivity contribution in [3.63, 3.8) is 0 Å². The van der Waals surface area contributed by atoms with Gasteiger partial charge >= 0.3 is 0 Å². The standard InChI is InChI=1S/C7H12.C6H10/c1-3-6-5-7(6)4-2;1-5-3-4-6(5)2/h3-5H2,1-2H3;3-4H2,1-2H3. The Hall–Kier alpha value is -0.520. The van der Waals surface area contributed by atoms with Gasteiger partial charge in [0.25, 0.3) is 0 Å². The fourth-order valence-electron chi connectivity index (χ4n) is 1.59. The second-order valence-corrected chi connectivity index (χ2v) is 4.15. The van der Waals surface area contributed by atoms with Crippen LogP contribution in [0.3, 0.4) is 0 Å². The molecule has 2 aliphatic rings. The molecule has 0 radical (unpaired) electrons. The molecule has 0 saturated heterocycles. The van der Waals surface area contributed by atoms with Crippen LogP contribution in [0.5, 0.6) is 0 Å². The molecule has 0 aromatic carbocycles. The summed E-state index contributed by atoms with van der Waals surface area (Å²) in [5.74, 6) is 0. The van der Waals surface area contributed by atoms with Crippen LogP contribution in [0.2, 0.25) is 0 Å². The first-order chi connectivity index (χ1) is 6.19. The first-order valence-corrected chi connectivity index (χ1v) is 5.54. The Balaban J connectivity index is 0.000000132. The van der Waals surface area contributed by atoms with Crippen molar-refractivity contribution in [2.75, 3.05) is 0 Å². The zero-order valence-electron chi connectivity index (χ0n) is 9.54. The van der Waals surface area contributed by atoms with E-state index in [4.69, 9.17) is 0 Å². The van der Waals surface area contributed by atoms with E-state index in [-0.39, 0.29) is 0 Å². The fraction of sp³-hybridized carbons (Fsp3) is 0.692. The molecule has 0 N–H and O–H groups in total. The number of allylic oxidation sites excluding steroid dienone is 4. The van der Waals surface area contributed by atoms with Crippen molar-refractivity contribution < 1.29 is 0 Å². The predicted octanol–water partition coefficient (Wildman–Crippen LogP) is 4.62. The topological polar surface area (TPSA) is 0 Å². The summed E-state index contributed by atoms with van der Waals surface area (Å²) in [7, 11) is 0. The first kappa shape index (κ1) is 10.6. The van der Waals surface area contributed by atoms with Gasteiger partial charge in [0.2, 0.25) is 0 Å². The summed E-state index contributed by atoms with van der Waals surface area (Å²) in [4.78, 5) is 0. The molecule has 0 amide bonds. The second kappa shape index (κ2) is 4.64. The molecular formula is C13H22. The molecule has 0 heteroatoms. The van der Waals surface area contributed by atoms with Crippen molar-refractivity contribution in [3.8, 4) is 0 Å². The number of rotatable bonds is 2. The lowest BCUT2D eigenvalue weighted by Gasteiger charge is -2.15. The maximum Gasteiger partial charge on any atom is -0.0103 e. The van der Waals surface area contributed by atoms with E-state index in [1.165, 1.54) is 32.1 Å². The van der Waals surface area contributed by atoms with Gasteiger partial charge in [-0.2, -0.15) is 0 Å². The number of hydrogen-bond acceptors (Lipinski definition) is 0. The predicted molar refractivity (Wildman–Crippen MR) is 59.8 cm³/mol. The lowest BCUT2D eigenvalue weighted by atomic mass is 9.92. The van der Waals surface area contributed by atoms with Gasteiger partial charge in [0.1, 0.15) is 0 Å². The summed E-state index contributed by atoms with van der Waals surface area (Å²) >= 11 is 0. The molecular weight excluding hydrogens is 156 g/mol. The Kier molecular flexibility index (Phi) is 3.77. The van der Waals surface area contributed by atoms with Crippen LogP contribution in [0.4, 0.5) is 0 Å². The molecule has 0 fully saturated rings. The van der Waals surface area contributed by atoms with Gasteiger partial charge in [0.05, 0.1) is 0 Å². The summed E-state index contributed by atoms with van der Waals surface area (Å²) in [6.45, 7) is 8.88. The molecule has 0 aromatic heterocycles. The third kappa shape index (κ3) is 3.02. The summed E-state index contributed by atoms with van der Waals surface area (Å²) in [6, 6.07) is 0. The molecule has 0 heterocycles. The van der Waals surface area contributed by atoms with Crippen molar-refractivity contribution in [2.45, 2.75) is 59.8 Å². The van der Waals surface area contributed by atoms with E-state index >= 15 is 0 Å². The minimum Gasteiger partial charge on any atom is -0.0741 e. The third-order valence-electron chi connectivity index (χ3n) is 3.26. The average Bonchev–Trinajstić information content (AvgIpc) is 2.94. The van der Waals surface area contributed by atoms with Crippen molar-refractivity contribution >= 4 is 0 Å². The lowest BCUT2D eigenvalue weighted by Crippen LogP contribution is -1.95. The molecule has 0 aromatic rings. The highest BCUT2D eigenvalue weighted by atomic mass is 14.2. The zero-order chi connectivity index (χ0) is 9.84. The van der Waals surface area contributed by atoms with Gasteiger partial charge < -0.3 is 0 Å². The van der Waals surface area contributed by atoms with E-state index in [1.807, 2.05) is 0 Å². The molecule has 0 nitrogen and oxygen atoms in total. The molecule has 0 atom stereocenters. The van der Waals surface area contributed by atoms with Gasteiger partial charge in [-0.3, -0.25) is 0 Å². The van der Waals surface area contributed by atoms with Crippen molar-refractivity contribution in [2.24, 2.45) is 0 Å². The molecule has 74 valence electrons. The largest absolute Gasteiger partial charge is 0.0741 e. The summed E-state index contributed by atoms with van der Waals surface area (Å²) in [5.41, 5.74) is 6.63.